The first-order chi connectivity index (χ1) is 7.09. The average molecular weight is 220 g/mol. The number of aryl methyl sites for hydroxylation is 2. The van der Waals surface area contributed by atoms with Gasteiger partial charge < -0.3 is 0 Å². The number of rotatable bonds is 0. The van der Waals surface area contributed by atoms with Gasteiger partial charge >= 0.3 is 0 Å². The van der Waals surface area contributed by atoms with Gasteiger partial charge in [-0.05, 0) is 25.0 Å². The number of thioether (sulfide) groups is 1. The number of hydrogen-bond donors (Lipinski definition) is 0. The summed E-state index contributed by atoms with van der Waals surface area (Å²) in [5.74, 6) is 2.42. The van der Waals surface area contributed by atoms with Crippen molar-refractivity contribution in [2.45, 2.75) is 26.5 Å². The number of fused-ring (bicyclic) bond motifs is 1. The Hall–Kier alpha value is -0.760. The van der Waals surface area contributed by atoms with Crippen LogP contribution in [0, 0.1) is 19.8 Å². The first-order valence-electron chi connectivity index (χ1n) is 5.31. The molecule has 1 unspecified atom stereocenters. The Bertz CT molecular complexity index is 409. The molecule has 80 valence electrons. The molecule has 0 aromatic heterocycles. The second kappa shape index (κ2) is 4.01. The van der Waals surface area contributed by atoms with Crippen LogP contribution in [0.3, 0.4) is 0 Å². The summed E-state index contributed by atoms with van der Waals surface area (Å²) in [5.41, 5.74) is 4.61. The Morgan fingerprint density at radius 3 is 2.80 bits per heavy atom. The Morgan fingerprint density at radius 1 is 1.33 bits per heavy atom. The van der Waals surface area contributed by atoms with Crippen molar-refractivity contribution >= 4 is 17.5 Å². The lowest BCUT2D eigenvalue weighted by Crippen LogP contribution is -2.14. The van der Waals surface area contributed by atoms with Crippen LogP contribution in [0.2, 0.25) is 0 Å². The fourth-order valence-corrected chi connectivity index (χ4v) is 3.26. The molecular formula is C13H16OS. The summed E-state index contributed by atoms with van der Waals surface area (Å²) in [7, 11) is 0. The molecule has 2 rings (SSSR count). The van der Waals surface area contributed by atoms with E-state index >= 15 is 0 Å². The molecule has 0 bridgehead atoms. The van der Waals surface area contributed by atoms with Crippen LogP contribution in [-0.4, -0.2) is 11.5 Å². The topological polar surface area (TPSA) is 17.1 Å². The molecule has 15 heavy (non-hydrogen) atoms. The lowest BCUT2D eigenvalue weighted by molar-refractivity contribution is 0.0941. The second-order valence-electron chi connectivity index (χ2n) is 4.40. The van der Waals surface area contributed by atoms with Crippen molar-refractivity contribution in [3.05, 3.63) is 34.4 Å². The van der Waals surface area contributed by atoms with Crippen molar-refractivity contribution in [3.8, 4) is 0 Å². The monoisotopic (exact) mass is 220 g/mol. The zero-order chi connectivity index (χ0) is 11.0. The van der Waals surface area contributed by atoms with E-state index in [2.05, 4.69) is 19.1 Å². The lowest BCUT2D eigenvalue weighted by atomic mass is 9.92. The van der Waals surface area contributed by atoms with Crippen molar-refractivity contribution < 1.29 is 4.79 Å². The van der Waals surface area contributed by atoms with E-state index in [1.165, 1.54) is 11.1 Å². The molecule has 0 radical (unpaired) electrons. The van der Waals surface area contributed by atoms with E-state index in [0.29, 0.717) is 5.78 Å². The largest absolute Gasteiger partial charge is 0.294 e. The van der Waals surface area contributed by atoms with Crippen LogP contribution in [0.5, 0.6) is 0 Å². The van der Waals surface area contributed by atoms with Crippen LogP contribution in [0.1, 0.15) is 34.0 Å². The molecule has 0 spiro atoms. The normalized spacial score (nSPS) is 21.0. The summed E-state index contributed by atoms with van der Waals surface area (Å²) in [5, 5.41) is 0. The van der Waals surface area contributed by atoms with Crippen molar-refractivity contribution in [1.82, 2.24) is 0 Å². The highest BCUT2D eigenvalue weighted by Crippen LogP contribution is 2.29. The van der Waals surface area contributed by atoms with E-state index in [4.69, 9.17) is 0 Å². The van der Waals surface area contributed by atoms with Crippen molar-refractivity contribution in [2.75, 3.05) is 5.75 Å². The molecule has 1 heterocycles. The van der Waals surface area contributed by atoms with Gasteiger partial charge in [0.25, 0.3) is 0 Å². The number of carbonyl (C=O) groups excluding carboxylic acids is 1. The highest BCUT2D eigenvalue weighted by atomic mass is 32.2. The standard InChI is InChI=1S/C13H16OS/c1-8-4-9(2)12-11(5-8)7-15-6-10(3)13(12)14/h4-5,10H,6-7H2,1-3H3. The predicted octanol–water partition coefficient (Wildman–Crippen LogP) is 3.37. The van der Waals surface area contributed by atoms with Crippen LogP contribution < -0.4 is 0 Å². The maximum Gasteiger partial charge on any atom is 0.167 e. The van der Waals surface area contributed by atoms with E-state index < -0.39 is 0 Å². The summed E-state index contributed by atoms with van der Waals surface area (Å²) >= 11 is 1.87. The van der Waals surface area contributed by atoms with Gasteiger partial charge in [0.05, 0.1) is 0 Å². The highest BCUT2D eigenvalue weighted by Gasteiger charge is 2.23. The summed E-state index contributed by atoms with van der Waals surface area (Å²) in [6.07, 6.45) is 0. The van der Waals surface area contributed by atoms with Gasteiger partial charge in [-0.2, -0.15) is 11.8 Å². The summed E-state index contributed by atoms with van der Waals surface area (Å²) < 4.78 is 0. The molecule has 0 N–H and O–H groups in total. The van der Waals surface area contributed by atoms with Gasteiger partial charge in [0.15, 0.2) is 5.78 Å². The van der Waals surface area contributed by atoms with Crippen LogP contribution in [-0.2, 0) is 5.75 Å². The maximum absolute atomic E-state index is 12.2. The van der Waals surface area contributed by atoms with Crippen molar-refractivity contribution in [2.24, 2.45) is 5.92 Å². The molecule has 0 saturated carbocycles. The van der Waals surface area contributed by atoms with Gasteiger partial charge in [-0.15, -0.1) is 0 Å². The molecule has 0 aliphatic carbocycles. The smallest absolute Gasteiger partial charge is 0.167 e. The SMILES string of the molecule is Cc1cc(C)c2c(c1)CSCC(C)C2=O. The van der Waals surface area contributed by atoms with Crippen molar-refractivity contribution in [3.63, 3.8) is 0 Å². The quantitative estimate of drug-likeness (QED) is 0.667. The Kier molecular flexibility index (Phi) is 2.87. The van der Waals surface area contributed by atoms with Crippen LogP contribution in [0.15, 0.2) is 12.1 Å². The Labute approximate surface area is 95.3 Å². The Morgan fingerprint density at radius 2 is 2.07 bits per heavy atom. The van der Waals surface area contributed by atoms with Gasteiger partial charge in [0.2, 0.25) is 0 Å². The molecule has 1 aliphatic heterocycles. The fraction of sp³-hybridized carbons (Fsp3) is 0.462. The number of Topliss-reactive ketones (excluding diaryl/α,β-unsaturated/α-hetero) is 1. The minimum atomic E-state index is 0.164. The number of carbonyl (C=O) groups is 1. The van der Waals surface area contributed by atoms with Crippen LogP contribution in [0.4, 0.5) is 0 Å². The van der Waals surface area contributed by atoms with Gasteiger partial charge in [0, 0.05) is 23.0 Å². The first kappa shape index (κ1) is 10.7. The second-order valence-corrected chi connectivity index (χ2v) is 5.43. The molecule has 1 atom stereocenters. The summed E-state index contributed by atoms with van der Waals surface area (Å²) in [6, 6.07) is 4.27. The predicted molar refractivity (Wildman–Crippen MR) is 65.6 cm³/mol. The molecule has 1 nitrogen and oxygen atoms in total. The third-order valence-electron chi connectivity index (χ3n) is 2.88. The molecule has 0 amide bonds. The third-order valence-corrected chi connectivity index (χ3v) is 4.13. The molecule has 0 fully saturated rings. The van der Waals surface area contributed by atoms with Gasteiger partial charge in [-0.3, -0.25) is 4.79 Å². The first-order valence-corrected chi connectivity index (χ1v) is 6.47. The van der Waals surface area contributed by atoms with E-state index in [9.17, 15) is 4.79 Å². The van der Waals surface area contributed by atoms with E-state index in [1.54, 1.807) is 0 Å². The molecule has 0 saturated heterocycles. The minimum absolute atomic E-state index is 0.164. The molecule has 1 aromatic carbocycles. The summed E-state index contributed by atoms with van der Waals surface area (Å²) in [6.45, 7) is 6.17. The zero-order valence-electron chi connectivity index (χ0n) is 9.46. The zero-order valence-corrected chi connectivity index (χ0v) is 10.3. The van der Waals surface area contributed by atoms with Crippen LogP contribution in [0.25, 0.3) is 0 Å². The number of ketones is 1. The van der Waals surface area contributed by atoms with E-state index in [-0.39, 0.29) is 5.92 Å². The van der Waals surface area contributed by atoms with Gasteiger partial charge in [-0.25, -0.2) is 0 Å². The molecule has 1 aromatic rings. The summed E-state index contributed by atoms with van der Waals surface area (Å²) in [4.78, 5) is 12.2. The lowest BCUT2D eigenvalue weighted by Gasteiger charge is -2.11. The van der Waals surface area contributed by atoms with Gasteiger partial charge in [-0.1, -0.05) is 24.6 Å². The van der Waals surface area contributed by atoms with Crippen LogP contribution >= 0.6 is 11.8 Å². The fourth-order valence-electron chi connectivity index (χ4n) is 2.19. The maximum atomic E-state index is 12.2. The highest BCUT2D eigenvalue weighted by molar-refractivity contribution is 7.98. The minimum Gasteiger partial charge on any atom is -0.294 e. The van der Waals surface area contributed by atoms with Gasteiger partial charge in [0.1, 0.15) is 0 Å². The number of benzene rings is 1. The number of hydrogen-bond acceptors (Lipinski definition) is 2. The average Bonchev–Trinajstić information content (AvgIpc) is 2.27. The van der Waals surface area contributed by atoms with E-state index in [0.717, 1.165) is 22.6 Å². The van der Waals surface area contributed by atoms with E-state index in [1.807, 2.05) is 25.6 Å². The van der Waals surface area contributed by atoms with Crippen molar-refractivity contribution in [1.29, 1.82) is 0 Å². The molecule has 1 aliphatic rings. The molecular weight excluding hydrogens is 204 g/mol. The molecule has 2 heteroatoms. The Balaban J connectivity index is 2.58. The third kappa shape index (κ3) is 1.96.